The number of phosphoric acid groups is 1. The average molecular weight is 692 g/mol. The topological polar surface area (TPSA) is 126 Å². The van der Waals surface area contributed by atoms with Crippen molar-refractivity contribution in [2.24, 2.45) is 0 Å². The van der Waals surface area contributed by atoms with Crippen molar-refractivity contribution in [2.45, 2.75) is 49.2 Å². The first-order chi connectivity index (χ1) is 22.4. The van der Waals surface area contributed by atoms with Crippen LogP contribution >= 0.6 is 19.6 Å². The van der Waals surface area contributed by atoms with E-state index in [1.165, 1.54) is 54.4 Å². The summed E-state index contributed by atoms with van der Waals surface area (Å²) >= 11 is 1.35. The van der Waals surface area contributed by atoms with Crippen molar-refractivity contribution in [3.8, 4) is 5.75 Å². The Morgan fingerprint density at radius 3 is 2.64 bits per heavy atom. The smallest absolute Gasteiger partial charge is 0.467 e. The Morgan fingerprint density at radius 2 is 1.89 bits per heavy atom. The third-order valence-electron chi connectivity index (χ3n) is 8.04. The zero-order valence-corrected chi connectivity index (χ0v) is 27.6. The molecule has 3 aliphatic rings. The van der Waals surface area contributed by atoms with Gasteiger partial charge in [0, 0.05) is 35.0 Å². The highest BCUT2D eigenvalue weighted by Gasteiger charge is 2.48. The zero-order chi connectivity index (χ0) is 33.7. The van der Waals surface area contributed by atoms with Crippen LogP contribution in [0.5, 0.6) is 5.75 Å². The molecule has 0 aliphatic carbocycles. The number of fused-ring (bicyclic) bond motifs is 4. The number of morpholine rings is 1. The van der Waals surface area contributed by atoms with Gasteiger partial charge in [-0.15, -0.1) is 11.8 Å². The number of carbonyl (C=O) groups is 2. The first-order valence-corrected chi connectivity index (χ1v) is 17.2. The predicted octanol–water partition coefficient (Wildman–Crippen LogP) is 4.76. The van der Waals surface area contributed by atoms with Gasteiger partial charge < -0.3 is 18.9 Å². The van der Waals surface area contributed by atoms with E-state index in [4.69, 9.17) is 23.0 Å². The molecule has 0 spiro atoms. The number of methoxy groups -OCH3 is 1. The molecule has 12 nitrogen and oxygen atoms in total. The van der Waals surface area contributed by atoms with Gasteiger partial charge in [-0.1, -0.05) is 24.3 Å². The van der Waals surface area contributed by atoms with Gasteiger partial charge in [0.05, 0.1) is 33.0 Å². The number of rotatable bonds is 8. The molecular formula is C31H32F2N3O9PS. The van der Waals surface area contributed by atoms with Crippen molar-refractivity contribution in [2.75, 3.05) is 38.5 Å². The molecule has 0 N–H and O–H groups in total. The summed E-state index contributed by atoms with van der Waals surface area (Å²) < 4.78 is 72.6. The monoisotopic (exact) mass is 691 g/mol. The van der Waals surface area contributed by atoms with Crippen LogP contribution in [0.2, 0.25) is 0 Å². The van der Waals surface area contributed by atoms with E-state index in [9.17, 15) is 23.3 Å². The SMILES string of the molecule is CCOP(=O)(Oc1c2n(ccc1=O)N([C@@H]1c3ccccc3SCc3c1ccc(F)c3F)[C@@H]1COCCN1C2=O)OC(C)(C)C(=O)OC. The van der Waals surface area contributed by atoms with Crippen LogP contribution in [0, 0.1) is 11.6 Å². The van der Waals surface area contributed by atoms with Gasteiger partial charge in [-0.25, -0.2) is 18.1 Å². The highest BCUT2D eigenvalue weighted by molar-refractivity contribution is 7.98. The molecule has 3 atom stereocenters. The molecule has 4 heterocycles. The number of phosphoric ester groups is 1. The van der Waals surface area contributed by atoms with E-state index in [1.807, 2.05) is 24.3 Å². The van der Waals surface area contributed by atoms with E-state index in [0.29, 0.717) is 5.56 Å². The van der Waals surface area contributed by atoms with Gasteiger partial charge in [-0.2, -0.15) is 0 Å². The fourth-order valence-electron chi connectivity index (χ4n) is 5.96. The minimum atomic E-state index is -4.77. The average Bonchev–Trinajstić information content (AvgIpc) is 3.21. The molecule has 250 valence electrons. The second kappa shape index (κ2) is 12.7. The lowest BCUT2D eigenvalue weighted by Crippen LogP contribution is -2.66. The van der Waals surface area contributed by atoms with Crippen molar-refractivity contribution in [1.82, 2.24) is 9.58 Å². The fourth-order valence-corrected chi connectivity index (χ4v) is 8.57. The number of halogens is 2. The molecule has 1 aromatic heterocycles. The number of nitrogens with zero attached hydrogens (tertiary/aromatic N) is 3. The Bertz CT molecular complexity index is 1860. The Labute approximate surface area is 273 Å². The summed E-state index contributed by atoms with van der Waals surface area (Å²) in [6, 6.07) is 10.3. The number of thioether (sulfide) groups is 1. The van der Waals surface area contributed by atoms with Crippen molar-refractivity contribution >= 4 is 31.5 Å². The maximum absolute atomic E-state index is 15.5. The van der Waals surface area contributed by atoms with Gasteiger partial charge in [-0.3, -0.25) is 28.3 Å². The van der Waals surface area contributed by atoms with Crippen LogP contribution in [0.4, 0.5) is 8.78 Å². The van der Waals surface area contributed by atoms with E-state index in [2.05, 4.69) is 0 Å². The number of hydrogen-bond acceptors (Lipinski definition) is 11. The third-order valence-corrected chi connectivity index (χ3v) is 10.8. The highest BCUT2D eigenvalue weighted by atomic mass is 32.2. The molecule has 47 heavy (non-hydrogen) atoms. The molecular weight excluding hydrogens is 659 g/mol. The van der Waals surface area contributed by atoms with Crippen LogP contribution in [-0.2, 0) is 33.6 Å². The van der Waals surface area contributed by atoms with E-state index < -0.39 is 60.3 Å². The lowest BCUT2D eigenvalue weighted by atomic mass is 9.93. The number of ether oxygens (including phenoxy) is 2. The molecule has 0 bridgehead atoms. The molecule has 3 aromatic rings. The molecule has 1 amide bonds. The Morgan fingerprint density at radius 1 is 1.13 bits per heavy atom. The first kappa shape index (κ1) is 33.2. The van der Waals surface area contributed by atoms with Crippen LogP contribution in [-0.4, -0.2) is 66.7 Å². The van der Waals surface area contributed by atoms with Crippen molar-refractivity contribution in [3.63, 3.8) is 0 Å². The van der Waals surface area contributed by atoms with Crippen LogP contribution in [0.1, 0.15) is 54.0 Å². The third kappa shape index (κ3) is 5.84. The van der Waals surface area contributed by atoms with E-state index in [0.717, 1.165) is 29.7 Å². The van der Waals surface area contributed by atoms with Gasteiger partial charge in [0.15, 0.2) is 22.9 Å². The highest BCUT2D eigenvalue weighted by Crippen LogP contribution is 2.53. The maximum Gasteiger partial charge on any atom is 0.531 e. The van der Waals surface area contributed by atoms with E-state index in [-0.39, 0.29) is 43.4 Å². The maximum atomic E-state index is 15.5. The summed E-state index contributed by atoms with van der Waals surface area (Å²) in [4.78, 5) is 42.4. The summed E-state index contributed by atoms with van der Waals surface area (Å²) in [6.45, 7) is 4.22. The van der Waals surface area contributed by atoms with Crippen molar-refractivity contribution in [3.05, 3.63) is 92.9 Å². The normalized spacial score (nSPS) is 20.3. The standard InChI is InChI=1S/C31H32F2N3O9PS/c1-5-43-46(40,45-31(2,3)30(39)41-4)44-28-22(37)12-13-35-27(28)29(38)34-14-15-42-16-24(34)36(35)26-18-10-11-21(32)25(33)20(18)17-47-23-9-7-6-8-19(23)26/h6-13,24,26H,5,14-17H2,1-4H3/t24-,26+,46?/m1/s1. The van der Waals surface area contributed by atoms with Gasteiger partial charge in [0.1, 0.15) is 6.17 Å². The first-order valence-electron chi connectivity index (χ1n) is 14.8. The van der Waals surface area contributed by atoms with Gasteiger partial charge in [0.25, 0.3) is 5.91 Å². The minimum Gasteiger partial charge on any atom is -0.467 e. The number of hydrogen-bond donors (Lipinski definition) is 0. The minimum absolute atomic E-state index is 0.0478. The van der Waals surface area contributed by atoms with Gasteiger partial charge in [-0.05, 0) is 44.0 Å². The second-order valence-electron chi connectivity index (χ2n) is 11.3. The molecule has 1 saturated heterocycles. The van der Waals surface area contributed by atoms with E-state index >= 15 is 4.39 Å². The molecule has 16 heteroatoms. The summed E-state index contributed by atoms with van der Waals surface area (Å²) in [7, 11) is -3.65. The largest absolute Gasteiger partial charge is 0.531 e. The summed E-state index contributed by atoms with van der Waals surface area (Å²) in [6.07, 6.45) is 0.591. The molecule has 1 unspecified atom stereocenters. The van der Waals surface area contributed by atoms with Gasteiger partial charge in [0.2, 0.25) is 11.2 Å². The second-order valence-corrected chi connectivity index (χ2v) is 13.9. The number of amides is 1. The van der Waals surface area contributed by atoms with Crippen LogP contribution in [0.3, 0.4) is 0 Å². The lowest BCUT2D eigenvalue weighted by Gasteiger charge is -2.51. The number of aromatic nitrogens is 1. The molecule has 6 rings (SSSR count). The fraction of sp³-hybridized carbons (Fsp3) is 0.387. The number of pyridine rings is 1. The van der Waals surface area contributed by atoms with Crippen molar-refractivity contribution in [1.29, 1.82) is 0 Å². The zero-order valence-electron chi connectivity index (χ0n) is 25.9. The quantitative estimate of drug-likeness (QED) is 0.240. The molecule has 2 aromatic carbocycles. The number of esters is 1. The number of benzene rings is 2. The predicted molar refractivity (Wildman–Crippen MR) is 166 cm³/mol. The van der Waals surface area contributed by atoms with Crippen LogP contribution in [0.25, 0.3) is 0 Å². The Balaban J connectivity index is 1.58. The van der Waals surface area contributed by atoms with E-state index in [1.54, 1.807) is 5.01 Å². The van der Waals surface area contributed by atoms with Crippen LogP contribution in [0.15, 0.2) is 58.4 Å². The summed E-state index contributed by atoms with van der Waals surface area (Å²) in [5.41, 5.74) is -1.64. The Kier molecular flexibility index (Phi) is 8.96. The van der Waals surface area contributed by atoms with Crippen LogP contribution < -0.4 is 15.0 Å². The lowest BCUT2D eigenvalue weighted by molar-refractivity contribution is -0.157. The summed E-state index contributed by atoms with van der Waals surface area (Å²) in [5.74, 6) is -4.01. The molecule has 0 saturated carbocycles. The molecule has 0 radical (unpaired) electrons. The summed E-state index contributed by atoms with van der Waals surface area (Å²) in [5, 5.41) is 1.74. The Hall–Kier alpha value is -3.75. The van der Waals surface area contributed by atoms with Gasteiger partial charge >= 0.3 is 13.8 Å². The number of carbonyl (C=O) groups excluding carboxylic acids is 2. The molecule has 3 aliphatic heterocycles. The van der Waals surface area contributed by atoms with Crippen molar-refractivity contribution < 1.29 is 46.0 Å². The molecule has 1 fully saturated rings.